The number of aryl methyl sites for hydroxylation is 1. The fraction of sp³-hybridized carbons (Fsp3) is 0.692. The van der Waals surface area contributed by atoms with Crippen molar-refractivity contribution in [1.82, 2.24) is 19.2 Å². The van der Waals surface area contributed by atoms with Gasteiger partial charge in [0.15, 0.2) is 5.03 Å². The minimum Gasteiger partial charge on any atom is -0.356 e. The van der Waals surface area contributed by atoms with Crippen molar-refractivity contribution in [3.8, 4) is 0 Å². The molecule has 1 spiro atoms. The average molecular weight is 312 g/mol. The van der Waals surface area contributed by atoms with Crippen molar-refractivity contribution in [2.75, 3.05) is 19.6 Å². The van der Waals surface area contributed by atoms with E-state index in [-0.39, 0.29) is 16.3 Å². The predicted octanol–water partition coefficient (Wildman–Crippen LogP) is 0.194. The molecule has 1 aromatic rings. The Morgan fingerprint density at radius 2 is 2.10 bits per heavy atom. The maximum atomic E-state index is 12.6. The fourth-order valence-electron chi connectivity index (χ4n) is 3.08. The first-order chi connectivity index (χ1) is 9.95. The molecule has 1 amide bonds. The molecular formula is C13H20N4O3S. The van der Waals surface area contributed by atoms with E-state index in [1.54, 1.807) is 10.8 Å². The molecule has 116 valence electrons. The molecule has 8 heteroatoms. The van der Waals surface area contributed by atoms with Crippen molar-refractivity contribution in [3.05, 3.63) is 12.5 Å². The standard InChI is InChI=1S/C13H20N4O3S/c1-2-16-8-12(15-10-16)21(19,20)17-5-3-13(4-6-17)7-11(18)14-9-13/h8,10H,2-7,9H2,1H3,(H,14,18). The Labute approximate surface area is 124 Å². The minimum atomic E-state index is -3.51. The molecule has 3 heterocycles. The van der Waals surface area contributed by atoms with Crippen LogP contribution in [0.1, 0.15) is 26.2 Å². The highest BCUT2D eigenvalue weighted by Gasteiger charge is 2.43. The van der Waals surface area contributed by atoms with E-state index >= 15 is 0 Å². The van der Waals surface area contributed by atoms with Gasteiger partial charge in [0.1, 0.15) is 0 Å². The smallest absolute Gasteiger partial charge is 0.262 e. The molecule has 0 radical (unpaired) electrons. The highest BCUT2D eigenvalue weighted by atomic mass is 32.2. The van der Waals surface area contributed by atoms with Gasteiger partial charge in [0, 0.05) is 38.8 Å². The lowest BCUT2D eigenvalue weighted by molar-refractivity contribution is -0.119. The molecule has 0 aromatic carbocycles. The summed E-state index contributed by atoms with van der Waals surface area (Å²) in [6, 6.07) is 0. The molecular weight excluding hydrogens is 292 g/mol. The molecule has 7 nitrogen and oxygen atoms in total. The summed E-state index contributed by atoms with van der Waals surface area (Å²) in [7, 11) is -3.51. The van der Waals surface area contributed by atoms with E-state index in [0.717, 1.165) is 12.8 Å². The van der Waals surface area contributed by atoms with Gasteiger partial charge in [-0.15, -0.1) is 0 Å². The molecule has 3 rings (SSSR count). The van der Waals surface area contributed by atoms with Gasteiger partial charge >= 0.3 is 0 Å². The third-order valence-electron chi connectivity index (χ3n) is 4.56. The average Bonchev–Trinajstić information content (AvgIpc) is 3.07. The van der Waals surface area contributed by atoms with E-state index in [0.29, 0.717) is 32.6 Å². The number of piperidine rings is 1. The Hall–Kier alpha value is -1.41. The van der Waals surface area contributed by atoms with Gasteiger partial charge in [-0.25, -0.2) is 13.4 Å². The van der Waals surface area contributed by atoms with E-state index in [1.807, 2.05) is 6.92 Å². The maximum Gasteiger partial charge on any atom is 0.262 e. The molecule has 1 aromatic heterocycles. The van der Waals surface area contributed by atoms with Crippen molar-refractivity contribution in [1.29, 1.82) is 0 Å². The summed E-state index contributed by atoms with van der Waals surface area (Å²) in [4.78, 5) is 15.4. The number of carbonyl (C=O) groups excluding carboxylic acids is 1. The highest BCUT2D eigenvalue weighted by molar-refractivity contribution is 7.89. The van der Waals surface area contributed by atoms with Crippen molar-refractivity contribution >= 4 is 15.9 Å². The summed E-state index contributed by atoms with van der Waals surface area (Å²) < 4.78 is 28.3. The van der Waals surface area contributed by atoms with Gasteiger partial charge in [-0.3, -0.25) is 4.79 Å². The molecule has 2 fully saturated rings. The van der Waals surface area contributed by atoms with Crippen LogP contribution in [0.3, 0.4) is 0 Å². The van der Waals surface area contributed by atoms with E-state index < -0.39 is 10.0 Å². The zero-order valence-corrected chi connectivity index (χ0v) is 12.9. The molecule has 2 aliphatic rings. The van der Waals surface area contributed by atoms with Crippen molar-refractivity contribution in [3.63, 3.8) is 0 Å². The van der Waals surface area contributed by atoms with Gasteiger partial charge < -0.3 is 9.88 Å². The summed E-state index contributed by atoms with van der Waals surface area (Å²) in [5, 5.41) is 2.97. The minimum absolute atomic E-state index is 0.0497. The summed E-state index contributed by atoms with van der Waals surface area (Å²) in [5.74, 6) is 0.0768. The quantitative estimate of drug-likeness (QED) is 0.864. The topological polar surface area (TPSA) is 84.3 Å². The fourth-order valence-corrected chi connectivity index (χ4v) is 4.46. The van der Waals surface area contributed by atoms with E-state index in [4.69, 9.17) is 0 Å². The lowest BCUT2D eigenvalue weighted by Crippen LogP contribution is -2.44. The third kappa shape index (κ3) is 2.57. The number of rotatable bonds is 3. The van der Waals surface area contributed by atoms with Gasteiger partial charge in [0.05, 0.1) is 6.33 Å². The number of aromatic nitrogens is 2. The van der Waals surface area contributed by atoms with Crippen LogP contribution in [-0.4, -0.2) is 47.8 Å². The number of nitrogens with one attached hydrogen (secondary N) is 1. The largest absolute Gasteiger partial charge is 0.356 e. The Kier molecular flexibility index (Phi) is 3.53. The molecule has 0 bridgehead atoms. The number of hydrogen-bond acceptors (Lipinski definition) is 4. The summed E-state index contributed by atoms with van der Waals surface area (Å²) in [5.41, 5.74) is -0.0497. The second-order valence-corrected chi connectivity index (χ2v) is 7.78. The molecule has 0 aliphatic carbocycles. The highest BCUT2D eigenvalue weighted by Crippen LogP contribution is 2.38. The first kappa shape index (κ1) is 14.5. The molecule has 1 N–H and O–H groups in total. The zero-order chi connectivity index (χ0) is 15.1. The normalized spacial score (nSPS) is 22.6. The number of nitrogens with zero attached hydrogens (tertiary/aromatic N) is 3. The number of imidazole rings is 1. The maximum absolute atomic E-state index is 12.6. The zero-order valence-electron chi connectivity index (χ0n) is 12.1. The molecule has 0 unspecified atom stereocenters. The number of hydrogen-bond donors (Lipinski definition) is 1. The first-order valence-electron chi connectivity index (χ1n) is 7.24. The van der Waals surface area contributed by atoms with Crippen LogP contribution in [0.5, 0.6) is 0 Å². The Morgan fingerprint density at radius 1 is 1.38 bits per heavy atom. The van der Waals surface area contributed by atoms with Gasteiger partial charge in [-0.05, 0) is 25.2 Å². The molecule has 2 saturated heterocycles. The second kappa shape index (κ2) is 5.10. The van der Waals surface area contributed by atoms with Crippen LogP contribution in [-0.2, 0) is 21.4 Å². The lowest BCUT2D eigenvalue weighted by atomic mass is 9.78. The van der Waals surface area contributed by atoms with E-state index in [9.17, 15) is 13.2 Å². The molecule has 0 atom stereocenters. The van der Waals surface area contributed by atoms with E-state index in [2.05, 4.69) is 10.3 Å². The SMILES string of the molecule is CCn1cnc(S(=O)(=O)N2CCC3(CC2)CNC(=O)C3)c1. The Bertz CT molecular complexity index is 644. The van der Waals surface area contributed by atoms with Crippen LogP contribution in [0.15, 0.2) is 17.6 Å². The van der Waals surface area contributed by atoms with Crippen LogP contribution in [0.25, 0.3) is 0 Å². The van der Waals surface area contributed by atoms with Gasteiger partial charge in [-0.2, -0.15) is 4.31 Å². The molecule has 21 heavy (non-hydrogen) atoms. The number of sulfonamides is 1. The van der Waals surface area contributed by atoms with Crippen LogP contribution < -0.4 is 5.32 Å². The number of carbonyl (C=O) groups is 1. The third-order valence-corrected chi connectivity index (χ3v) is 6.34. The summed E-state index contributed by atoms with van der Waals surface area (Å²) in [6.45, 7) is 4.21. The molecule has 2 aliphatic heterocycles. The van der Waals surface area contributed by atoms with Crippen molar-refractivity contribution in [2.45, 2.75) is 37.8 Å². The summed E-state index contributed by atoms with van der Waals surface area (Å²) >= 11 is 0. The summed E-state index contributed by atoms with van der Waals surface area (Å²) in [6.07, 6.45) is 5.07. The van der Waals surface area contributed by atoms with Crippen LogP contribution in [0.4, 0.5) is 0 Å². The van der Waals surface area contributed by atoms with Gasteiger partial charge in [-0.1, -0.05) is 0 Å². The number of amides is 1. The Balaban J connectivity index is 1.72. The molecule has 0 saturated carbocycles. The van der Waals surface area contributed by atoms with E-state index in [1.165, 1.54) is 10.6 Å². The predicted molar refractivity (Wildman–Crippen MR) is 76.0 cm³/mol. The van der Waals surface area contributed by atoms with Crippen molar-refractivity contribution < 1.29 is 13.2 Å². The lowest BCUT2D eigenvalue weighted by Gasteiger charge is -2.37. The van der Waals surface area contributed by atoms with Crippen LogP contribution >= 0.6 is 0 Å². The van der Waals surface area contributed by atoms with Crippen molar-refractivity contribution in [2.24, 2.45) is 5.41 Å². The van der Waals surface area contributed by atoms with Crippen LogP contribution in [0.2, 0.25) is 0 Å². The van der Waals surface area contributed by atoms with Crippen LogP contribution in [0, 0.1) is 5.41 Å². The first-order valence-corrected chi connectivity index (χ1v) is 8.68. The second-order valence-electron chi connectivity index (χ2n) is 5.90. The Morgan fingerprint density at radius 3 is 2.62 bits per heavy atom. The van der Waals surface area contributed by atoms with Gasteiger partial charge in [0.2, 0.25) is 5.91 Å². The van der Waals surface area contributed by atoms with Gasteiger partial charge in [0.25, 0.3) is 10.0 Å². The monoisotopic (exact) mass is 312 g/mol.